The van der Waals surface area contributed by atoms with E-state index in [2.05, 4.69) is 32.6 Å². The average molecular weight is 292 g/mol. The highest BCUT2D eigenvalue weighted by Gasteiger charge is 2.40. The first kappa shape index (κ1) is 16.6. The molecule has 6 nitrogen and oxygen atoms in total. The molecule has 0 N–H and O–H groups in total. The zero-order valence-electron chi connectivity index (χ0n) is 12.2. The molecule has 19 heavy (non-hydrogen) atoms. The Kier molecular flexibility index (Phi) is 6.43. The van der Waals surface area contributed by atoms with Crippen LogP contribution in [-0.2, 0) is 9.36 Å². The fourth-order valence-corrected chi connectivity index (χ4v) is 3.56. The van der Waals surface area contributed by atoms with E-state index < -0.39 is 5.09 Å². The summed E-state index contributed by atoms with van der Waals surface area (Å²) in [5, 5.41) is 9.69. The van der Waals surface area contributed by atoms with Crippen molar-refractivity contribution in [3.8, 4) is 0 Å². The van der Waals surface area contributed by atoms with Crippen molar-refractivity contribution >= 4 is 8.81 Å². The van der Waals surface area contributed by atoms with Crippen molar-refractivity contribution in [2.45, 2.75) is 32.9 Å². The second-order valence-corrected chi connectivity index (χ2v) is 6.97. The Bertz CT molecular complexity index is 285. The standard InChI is InChI=1S/C12H25N2O4P/c1-10(2)12(11(3)4,19-18-14(15)16)9-13-5-7-17-8-6-13/h10-11,19H,5-9H2,1-4H3. The van der Waals surface area contributed by atoms with Gasteiger partial charge in [0.25, 0.3) is 5.09 Å². The Morgan fingerprint density at radius 1 is 1.32 bits per heavy atom. The van der Waals surface area contributed by atoms with Gasteiger partial charge in [-0.3, -0.25) is 9.52 Å². The molecule has 1 heterocycles. The minimum absolute atomic E-state index is 0.123. The second-order valence-electron chi connectivity index (χ2n) is 5.66. The largest absolute Gasteiger partial charge is 0.379 e. The summed E-state index contributed by atoms with van der Waals surface area (Å²) in [6.45, 7) is 12.6. The average Bonchev–Trinajstić information content (AvgIpc) is 2.34. The minimum Gasteiger partial charge on any atom is -0.379 e. The van der Waals surface area contributed by atoms with Gasteiger partial charge in [-0.25, -0.2) is 0 Å². The topological polar surface area (TPSA) is 64.8 Å². The third-order valence-corrected chi connectivity index (χ3v) is 5.89. The number of rotatable bonds is 7. The summed E-state index contributed by atoms with van der Waals surface area (Å²) < 4.78 is 10.1. The van der Waals surface area contributed by atoms with Gasteiger partial charge in [-0.15, -0.1) is 10.1 Å². The monoisotopic (exact) mass is 292 g/mol. The first-order valence-corrected chi connectivity index (χ1v) is 7.68. The van der Waals surface area contributed by atoms with Crippen LogP contribution < -0.4 is 0 Å². The molecule has 112 valence electrons. The predicted octanol–water partition coefficient (Wildman–Crippen LogP) is 2.17. The van der Waals surface area contributed by atoms with Gasteiger partial charge in [0.05, 0.1) is 22.0 Å². The van der Waals surface area contributed by atoms with Crippen molar-refractivity contribution in [1.82, 2.24) is 4.90 Å². The second kappa shape index (κ2) is 7.36. The molecular weight excluding hydrogens is 267 g/mol. The lowest BCUT2D eigenvalue weighted by molar-refractivity contribution is -0.710. The Morgan fingerprint density at radius 2 is 1.84 bits per heavy atom. The molecule has 1 aliphatic rings. The van der Waals surface area contributed by atoms with Crippen molar-refractivity contribution in [2.75, 3.05) is 32.8 Å². The Balaban J connectivity index is 2.78. The van der Waals surface area contributed by atoms with Crippen molar-refractivity contribution in [3.05, 3.63) is 10.1 Å². The maximum absolute atomic E-state index is 10.5. The molecule has 1 rings (SSSR count). The first-order chi connectivity index (χ1) is 8.88. The number of nitrogens with zero attached hydrogens (tertiary/aromatic N) is 2. The van der Waals surface area contributed by atoms with Crippen molar-refractivity contribution in [1.29, 1.82) is 0 Å². The molecule has 1 saturated heterocycles. The molecule has 0 saturated carbocycles. The van der Waals surface area contributed by atoms with Crippen LogP contribution in [0.5, 0.6) is 0 Å². The summed E-state index contributed by atoms with van der Waals surface area (Å²) in [6, 6.07) is 0. The maximum atomic E-state index is 10.5. The molecule has 0 aromatic rings. The molecule has 7 heteroatoms. The molecule has 0 radical (unpaired) electrons. The van der Waals surface area contributed by atoms with Gasteiger partial charge in [0, 0.05) is 24.8 Å². The maximum Gasteiger partial charge on any atom is 0.297 e. The van der Waals surface area contributed by atoms with Crippen molar-refractivity contribution in [3.63, 3.8) is 0 Å². The van der Waals surface area contributed by atoms with Crippen LogP contribution in [-0.4, -0.2) is 48.0 Å². The van der Waals surface area contributed by atoms with E-state index in [1.165, 1.54) is 0 Å². The van der Waals surface area contributed by atoms with E-state index in [1.807, 2.05) is 0 Å². The lowest BCUT2D eigenvalue weighted by Gasteiger charge is -2.44. The van der Waals surface area contributed by atoms with Crippen molar-refractivity contribution in [2.24, 2.45) is 11.8 Å². The van der Waals surface area contributed by atoms with Gasteiger partial charge < -0.3 is 4.74 Å². The molecule has 0 aliphatic carbocycles. The molecule has 1 unspecified atom stereocenters. The quantitative estimate of drug-likeness (QED) is 0.409. The van der Waals surface area contributed by atoms with Crippen LogP contribution in [0.1, 0.15) is 27.7 Å². The van der Waals surface area contributed by atoms with Crippen LogP contribution in [0.2, 0.25) is 0 Å². The van der Waals surface area contributed by atoms with Gasteiger partial charge in [0.15, 0.2) is 0 Å². The summed E-state index contributed by atoms with van der Waals surface area (Å²) in [5.74, 6) is 0.655. The van der Waals surface area contributed by atoms with E-state index >= 15 is 0 Å². The molecule has 0 amide bonds. The van der Waals surface area contributed by atoms with Gasteiger partial charge >= 0.3 is 0 Å². The van der Waals surface area contributed by atoms with Crippen LogP contribution in [0.15, 0.2) is 0 Å². The third kappa shape index (κ3) is 4.55. The number of ether oxygens (including phenoxy) is 1. The van der Waals surface area contributed by atoms with Crippen LogP contribution in [0.3, 0.4) is 0 Å². The predicted molar refractivity (Wildman–Crippen MR) is 76.1 cm³/mol. The van der Waals surface area contributed by atoms with Gasteiger partial charge in [0.1, 0.15) is 0 Å². The number of morpholine rings is 1. The van der Waals surface area contributed by atoms with E-state index in [9.17, 15) is 10.1 Å². The summed E-state index contributed by atoms with van der Waals surface area (Å²) in [5.41, 5.74) is 0. The normalized spacial score (nSPS) is 18.6. The lowest BCUT2D eigenvalue weighted by atomic mass is 9.83. The van der Waals surface area contributed by atoms with Crippen LogP contribution in [0.25, 0.3) is 0 Å². The highest BCUT2D eigenvalue weighted by atomic mass is 31.1. The summed E-state index contributed by atoms with van der Waals surface area (Å²) in [6.07, 6.45) is 0. The Labute approximate surface area is 116 Å². The molecule has 0 aromatic carbocycles. The highest BCUT2D eigenvalue weighted by Crippen LogP contribution is 2.46. The van der Waals surface area contributed by atoms with Crippen molar-refractivity contribution < 1.29 is 14.4 Å². The molecule has 1 fully saturated rings. The molecular formula is C12H25N2O4P. The number of hydrogen-bond acceptors (Lipinski definition) is 5. The van der Waals surface area contributed by atoms with Gasteiger partial charge in [0.2, 0.25) is 0 Å². The van der Waals surface area contributed by atoms with Gasteiger partial charge in [-0.05, 0) is 11.8 Å². The van der Waals surface area contributed by atoms with E-state index in [0.717, 1.165) is 32.8 Å². The summed E-state index contributed by atoms with van der Waals surface area (Å²) >= 11 is 0. The van der Waals surface area contributed by atoms with Gasteiger partial charge in [-0.1, -0.05) is 27.7 Å². The van der Waals surface area contributed by atoms with E-state index in [4.69, 9.17) is 9.36 Å². The molecule has 0 bridgehead atoms. The molecule has 0 aromatic heterocycles. The Morgan fingerprint density at radius 3 is 2.26 bits per heavy atom. The smallest absolute Gasteiger partial charge is 0.297 e. The van der Waals surface area contributed by atoms with E-state index in [-0.39, 0.29) is 14.0 Å². The summed E-state index contributed by atoms with van der Waals surface area (Å²) in [4.78, 5) is 12.9. The zero-order chi connectivity index (χ0) is 14.5. The van der Waals surface area contributed by atoms with Crippen LogP contribution in [0.4, 0.5) is 0 Å². The minimum atomic E-state index is -0.669. The zero-order valence-corrected chi connectivity index (χ0v) is 13.2. The lowest BCUT2D eigenvalue weighted by Crippen LogP contribution is -2.50. The molecule has 1 atom stereocenters. The summed E-state index contributed by atoms with van der Waals surface area (Å²) in [7, 11) is -0.123. The van der Waals surface area contributed by atoms with Gasteiger partial charge in [-0.2, -0.15) is 0 Å². The van der Waals surface area contributed by atoms with Crippen LogP contribution in [0, 0.1) is 22.0 Å². The van der Waals surface area contributed by atoms with E-state index in [1.54, 1.807) is 0 Å². The third-order valence-electron chi connectivity index (χ3n) is 3.96. The molecule has 1 aliphatic heterocycles. The Hall–Kier alpha value is -0.450. The first-order valence-electron chi connectivity index (χ1n) is 6.77. The fourth-order valence-electron chi connectivity index (χ4n) is 2.55. The van der Waals surface area contributed by atoms with E-state index in [0.29, 0.717) is 11.8 Å². The molecule has 0 spiro atoms. The highest BCUT2D eigenvalue weighted by molar-refractivity contribution is 7.34. The van der Waals surface area contributed by atoms with Crippen LogP contribution >= 0.6 is 8.81 Å². The SMILES string of the molecule is CC(C)C(CN1CCOCC1)(PO[N+](=O)[O-])C(C)C. The fraction of sp³-hybridized carbons (Fsp3) is 1.00. The number of hydrogen-bond donors (Lipinski definition) is 0.